The minimum Gasteiger partial charge on any atom is -0.326 e. The number of hydrogen-bond acceptors (Lipinski definition) is 5. The number of anilines is 1. The number of aromatic nitrogens is 2. The van der Waals surface area contributed by atoms with E-state index in [1.165, 1.54) is 18.4 Å². The summed E-state index contributed by atoms with van der Waals surface area (Å²) in [5.74, 6) is -0.0297. The van der Waals surface area contributed by atoms with Crippen LogP contribution < -0.4 is 5.32 Å². The molecule has 0 radical (unpaired) electrons. The zero-order chi connectivity index (χ0) is 18.5. The summed E-state index contributed by atoms with van der Waals surface area (Å²) >= 11 is 1.56. The molecule has 1 unspecified atom stereocenters. The highest BCUT2D eigenvalue weighted by molar-refractivity contribution is 7.09. The number of para-hydroxylation sites is 1. The van der Waals surface area contributed by atoms with E-state index in [2.05, 4.69) is 37.7 Å². The standard InChI is InChI=1S/C21H22N4OS/c26-20(23-17-5-2-1-3-6-17)13-21-24-18(15-27-21)14-25-12-4-7-19(25)16-8-10-22-11-9-16/h1-3,5-6,8-11,15,19H,4,7,12-14H2,(H,23,26). The van der Waals surface area contributed by atoms with Gasteiger partial charge in [-0.2, -0.15) is 0 Å². The van der Waals surface area contributed by atoms with Crippen molar-refractivity contribution in [2.45, 2.75) is 31.8 Å². The van der Waals surface area contributed by atoms with Gasteiger partial charge in [-0.1, -0.05) is 18.2 Å². The third-order valence-corrected chi connectivity index (χ3v) is 5.69. The molecule has 3 aromatic rings. The predicted octanol–water partition coefficient (Wildman–Crippen LogP) is 4.06. The number of hydrogen-bond donors (Lipinski definition) is 1. The molecule has 0 saturated carbocycles. The average Bonchev–Trinajstić information content (AvgIpc) is 3.33. The van der Waals surface area contributed by atoms with E-state index in [4.69, 9.17) is 0 Å². The SMILES string of the molecule is O=C(Cc1nc(CN2CCCC2c2ccncc2)cs1)Nc1ccccc1. The first-order valence-corrected chi connectivity index (χ1v) is 10.1. The molecule has 3 heterocycles. The highest BCUT2D eigenvalue weighted by Gasteiger charge is 2.26. The van der Waals surface area contributed by atoms with Crippen molar-refractivity contribution in [3.8, 4) is 0 Å². The molecule has 4 rings (SSSR count). The predicted molar refractivity (Wildman–Crippen MR) is 108 cm³/mol. The Balaban J connectivity index is 1.36. The van der Waals surface area contributed by atoms with Crippen molar-refractivity contribution in [3.63, 3.8) is 0 Å². The fourth-order valence-electron chi connectivity index (χ4n) is 3.55. The lowest BCUT2D eigenvalue weighted by Crippen LogP contribution is -2.23. The molecule has 6 heteroatoms. The Kier molecular flexibility index (Phi) is 5.55. The van der Waals surface area contributed by atoms with E-state index in [1.807, 2.05) is 42.7 Å². The van der Waals surface area contributed by atoms with E-state index < -0.39 is 0 Å². The number of rotatable bonds is 6. The van der Waals surface area contributed by atoms with Gasteiger partial charge in [-0.15, -0.1) is 11.3 Å². The number of amides is 1. The molecule has 0 aliphatic carbocycles. The van der Waals surface area contributed by atoms with Gasteiger partial charge in [-0.3, -0.25) is 14.7 Å². The van der Waals surface area contributed by atoms with Crippen LogP contribution in [0.25, 0.3) is 0 Å². The smallest absolute Gasteiger partial charge is 0.231 e. The minimum absolute atomic E-state index is 0.0297. The molecular formula is C21H22N4OS. The van der Waals surface area contributed by atoms with Gasteiger partial charge in [-0.25, -0.2) is 4.98 Å². The monoisotopic (exact) mass is 378 g/mol. The lowest BCUT2D eigenvalue weighted by Gasteiger charge is -2.23. The van der Waals surface area contributed by atoms with Crippen LogP contribution in [-0.4, -0.2) is 27.3 Å². The molecule has 1 fully saturated rings. The lowest BCUT2D eigenvalue weighted by molar-refractivity contribution is -0.115. The van der Waals surface area contributed by atoms with Crippen LogP contribution in [0.1, 0.15) is 35.1 Å². The summed E-state index contributed by atoms with van der Waals surface area (Å²) in [4.78, 5) is 23.5. The molecule has 1 aromatic carbocycles. The number of thiazole rings is 1. The van der Waals surface area contributed by atoms with Crippen molar-refractivity contribution in [1.82, 2.24) is 14.9 Å². The molecular weight excluding hydrogens is 356 g/mol. The number of likely N-dealkylation sites (tertiary alicyclic amines) is 1. The highest BCUT2D eigenvalue weighted by Crippen LogP contribution is 2.32. The number of nitrogens with one attached hydrogen (secondary N) is 1. The van der Waals surface area contributed by atoms with Crippen LogP contribution in [-0.2, 0) is 17.8 Å². The van der Waals surface area contributed by atoms with E-state index in [0.29, 0.717) is 12.5 Å². The van der Waals surface area contributed by atoms with Gasteiger partial charge in [0.25, 0.3) is 0 Å². The van der Waals surface area contributed by atoms with Gasteiger partial charge in [0, 0.05) is 36.0 Å². The zero-order valence-electron chi connectivity index (χ0n) is 15.0. The summed E-state index contributed by atoms with van der Waals surface area (Å²) < 4.78 is 0. The van der Waals surface area contributed by atoms with Crippen molar-refractivity contribution in [1.29, 1.82) is 0 Å². The van der Waals surface area contributed by atoms with Crippen LogP contribution in [0.4, 0.5) is 5.69 Å². The zero-order valence-corrected chi connectivity index (χ0v) is 15.9. The van der Waals surface area contributed by atoms with E-state index in [1.54, 1.807) is 11.3 Å². The third-order valence-electron chi connectivity index (χ3n) is 4.79. The van der Waals surface area contributed by atoms with Gasteiger partial charge < -0.3 is 5.32 Å². The van der Waals surface area contributed by atoms with Crippen LogP contribution in [0.15, 0.2) is 60.2 Å². The molecule has 5 nitrogen and oxygen atoms in total. The molecule has 1 aliphatic heterocycles. The van der Waals surface area contributed by atoms with Crippen molar-refractivity contribution in [3.05, 3.63) is 76.5 Å². The van der Waals surface area contributed by atoms with Crippen molar-refractivity contribution in [2.24, 2.45) is 0 Å². The Morgan fingerprint density at radius 2 is 2.00 bits per heavy atom. The van der Waals surface area contributed by atoms with Gasteiger partial charge in [-0.05, 0) is 49.2 Å². The first-order valence-electron chi connectivity index (χ1n) is 9.20. The van der Waals surface area contributed by atoms with Crippen LogP contribution in [0.5, 0.6) is 0 Å². The maximum atomic E-state index is 12.2. The molecule has 138 valence electrons. The second-order valence-corrected chi connectivity index (χ2v) is 7.68. The average molecular weight is 379 g/mol. The Morgan fingerprint density at radius 1 is 1.19 bits per heavy atom. The molecule has 27 heavy (non-hydrogen) atoms. The van der Waals surface area contributed by atoms with E-state index >= 15 is 0 Å². The molecule has 0 spiro atoms. The van der Waals surface area contributed by atoms with E-state index in [0.717, 1.165) is 29.5 Å². The maximum Gasteiger partial charge on any atom is 0.231 e. The van der Waals surface area contributed by atoms with Crippen LogP contribution in [0, 0.1) is 0 Å². The Hall–Kier alpha value is -2.57. The van der Waals surface area contributed by atoms with E-state index in [9.17, 15) is 4.79 Å². The molecule has 1 atom stereocenters. The minimum atomic E-state index is -0.0297. The van der Waals surface area contributed by atoms with Gasteiger partial charge >= 0.3 is 0 Å². The van der Waals surface area contributed by atoms with Crippen LogP contribution in [0.2, 0.25) is 0 Å². The van der Waals surface area contributed by atoms with Crippen molar-refractivity contribution < 1.29 is 4.79 Å². The normalized spacial score (nSPS) is 17.1. The van der Waals surface area contributed by atoms with Gasteiger partial charge in [0.2, 0.25) is 5.91 Å². The Bertz CT molecular complexity index is 881. The Labute approximate surface area is 163 Å². The second kappa shape index (κ2) is 8.41. The summed E-state index contributed by atoms with van der Waals surface area (Å²) in [5.41, 5.74) is 3.18. The summed E-state index contributed by atoms with van der Waals surface area (Å²) in [6.07, 6.45) is 6.40. The first-order chi connectivity index (χ1) is 13.3. The number of carbonyl (C=O) groups excluding carboxylic acids is 1. The number of pyridine rings is 1. The molecule has 1 aliphatic rings. The topological polar surface area (TPSA) is 58.1 Å². The maximum absolute atomic E-state index is 12.2. The van der Waals surface area contributed by atoms with Crippen molar-refractivity contribution >= 4 is 22.9 Å². The quantitative estimate of drug-likeness (QED) is 0.703. The fraction of sp³-hybridized carbons (Fsp3) is 0.286. The molecule has 1 saturated heterocycles. The second-order valence-electron chi connectivity index (χ2n) is 6.73. The molecule has 1 N–H and O–H groups in total. The first kappa shape index (κ1) is 17.8. The highest BCUT2D eigenvalue weighted by atomic mass is 32.1. The van der Waals surface area contributed by atoms with E-state index in [-0.39, 0.29) is 5.91 Å². The number of carbonyl (C=O) groups is 1. The summed E-state index contributed by atoms with van der Waals surface area (Å²) in [6, 6.07) is 14.2. The lowest BCUT2D eigenvalue weighted by atomic mass is 10.1. The fourth-order valence-corrected chi connectivity index (χ4v) is 4.34. The summed E-state index contributed by atoms with van der Waals surface area (Å²) in [7, 11) is 0. The van der Waals surface area contributed by atoms with Crippen LogP contribution >= 0.6 is 11.3 Å². The summed E-state index contributed by atoms with van der Waals surface area (Å²) in [5, 5.41) is 5.85. The number of benzene rings is 1. The molecule has 2 aromatic heterocycles. The summed E-state index contributed by atoms with van der Waals surface area (Å²) in [6.45, 7) is 1.90. The molecule has 1 amide bonds. The van der Waals surface area contributed by atoms with Crippen molar-refractivity contribution in [2.75, 3.05) is 11.9 Å². The largest absolute Gasteiger partial charge is 0.326 e. The number of nitrogens with zero attached hydrogens (tertiary/aromatic N) is 3. The Morgan fingerprint density at radius 3 is 2.81 bits per heavy atom. The third kappa shape index (κ3) is 4.59. The molecule has 0 bridgehead atoms. The van der Waals surface area contributed by atoms with Gasteiger partial charge in [0.05, 0.1) is 12.1 Å². The van der Waals surface area contributed by atoms with Crippen LogP contribution in [0.3, 0.4) is 0 Å². The van der Waals surface area contributed by atoms with Gasteiger partial charge in [0.15, 0.2) is 0 Å². The van der Waals surface area contributed by atoms with Gasteiger partial charge in [0.1, 0.15) is 5.01 Å².